The maximum Gasteiger partial charge on any atom is 0.0634 e. The standard InChI is InChI=1S/C13H27NO2/c1-11(12-5-9-16-10-6-12)14-8-7-13(2,3)15-4/h11-12,14H,5-10H2,1-4H3. The van der Waals surface area contributed by atoms with Crippen LogP contribution in [-0.2, 0) is 9.47 Å². The van der Waals surface area contributed by atoms with Crippen LogP contribution in [0.2, 0.25) is 0 Å². The summed E-state index contributed by atoms with van der Waals surface area (Å²) in [6.45, 7) is 9.44. The fraction of sp³-hybridized carbons (Fsp3) is 1.00. The molecular weight excluding hydrogens is 202 g/mol. The van der Waals surface area contributed by atoms with E-state index in [1.165, 1.54) is 12.8 Å². The van der Waals surface area contributed by atoms with Gasteiger partial charge < -0.3 is 14.8 Å². The first kappa shape index (κ1) is 13.9. The third-order valence-corrected chi connectivity index (χ3v) is 3.72. The summed E-state index contributed by atoms with van der Waals surface area (Å²) in [6, 6.07) is 0.594. The second kappa shape index (κ2) is 6.58. The Kier molecular flexibility index (Phi) is 5.73. The molecule has 1 aliphatic heterocycles. The molecule has 0 saturated carbocycles. The molecular formula is C13H27NO2. The van der Waals surface area contributed by atoms with Gasteiger partial charge in [-0.25, -0.2) is 0 Å². The molecule has 0 bridgehead atoms. The zero-order valence-electron chi connectivity index (χ0n) is 11.2. The van der Waals surface area contributed by atoms with E-state index in [0.29, 0.717) is 6.04 Å². The lowest BCUT2D eigenvalue weighted by Crippen LogP contribution is -2.39. The lowest BCUT2D eigenvalue weighted by molar-refractivity contribution is 0.0136. The van der Waals surface area contributed by atoms with Gasteiger partial charge in [0.2, 0.25) is 0 Å². The van der Waals surface area contributed by atoms with Crippen molar-refractivity contribution in [2.45, 2.75) is 51.7 Å². The van der Waals surface area contributed by atoms with Gasteiger partial charge in [0.05, 0.1) is 5.60 Å². The second-order valence-electron chi connectivity index (χ2n) is 5.41. The maximum atomic E-state index is 5.40. The van der Waals surface area contributed by atoms with E-state index in [-0.39, 0.29) is 5.60 Å². The zero-order valence-corrected chi connectivity index (χ0v) is 11.2. The zero-order chi connectivity index (χ0) is 12.0. The SMILES string of the molecule is COC(C)(C)CCNC(C)C1CCOCC1. The molecule has 0 aromatic heterocycles. The first-order valence-electron chi connectivity index (χ1n) is 6.41. The van der Waals surface area contributed by atoms with E-state index in [9.17, 15) is 0 Å². The molecule has 0 spiro atoms. The molecule has 0 aromatic rings. The molecule has 3 nitrogen and oxygen atoms in total. The number of nitrogens with one attached hydrogen (secondary N) is 1. The molecule has 1 aliphatic rings. The van der Waals surface area contributed by atoms with Crippen LogP contribution in [-0.4, -0.2) is 38.5 Å². The molecule has 0 amide bonds. The van der Waals surface area contributed by atoms with Crippen molar-refractivity contribution in [2.24, 2.45) is 5.92 Å². The Morgan fingerprint density at radius 3 is 2.56 bits per heavy atom. The summed E-state index contributed by atoms with van der Waals surface area (Å²) in [5.41, 5.74) is -0.0115. The summed E-state index contributed by atoms with van der Waals surface area (Å²) in [5, 5.41) is 3.61. The minimum Gasteiger partial charge on any atom is -0.381 e. The average molecular weight is 229 g/mol. The maximum absolute atomic E-state index is 5.40. The largest absolute Gasteiger partial charge is 0.381 e. The van der Waals surface area contributed by atoms with Gasteiger partial charge in [0.1, 0.15) is 0 Å². The molecule has 1 fully saturated rings. The number of methoxy groups -OCH3 is 1. The fourth-order valence-corrected chi connectivity index (χ4v) is 2.09. The minimum absolute atomic E-state index is 0.0115. The van der Waals surface area contributed by atoms with Crippen LogP contribution >= 0.6 is 0 Å². The average Bonchev–Trinajstić information content (AvgIpc) is 2.30. The van der Waals surface area contributed by atoms with Gasteiger partial charge in [-0.15, -0.1) is 0 Å². The van der Waals surface area contributed by atoms with Crippen LogP contribution in [0.25, 0.3) is 0 Å². The number of ether oxygens (including phenoxy) is 2. The first-order chi connectivity index (χ1) is 7.55. The summed E-state index contributed by atoms with van der Waals surface area (Å²) in [7, 11) is 1.78. The molecule has 16 heavy (non-hydrogen) atoms. The molecule has 1 rings (SSSR count). The van der Waals surface area contributed by atoms with Gasteiger partial charge in [-0.05, 0) is 52.5 Å². The van der Waals surface area contributed by atoms with Crippen molar-refractivity contribution in [3.8, 4) is 0 Å². The van der Waals surface area contributed by atoms with E-state index in [1.807, 2.05) is 0 Å². The van der Waals surface area contributed by atoms with Crippen LogP contribution in [0, 0.1) is 5.92 Å². The van der Waals surface area contributed by atoms with Gasteiger partial charge in [0.25, 0.3) is 0 Å². The summed E-state index contributed by atoms with van der Waals surface area (Å²) >= 11 is 0. The van der Waals surface area contributed by atoms with Crippen molar-refractivity contribution in [1.29, 1.82) is 0 Å². The topological polar surface area (TPSA) is 30.5 Å². The molecule has 1 heterocycles. The highest BCUT2D eigenvalue weighted by Crippen LogP contribution is 2.19. The lowest BCUT2D eigenvalue weighted by atomic mass is 9.92. The van der Waals surface area contributed by atoms with Crippen LogP contribution in [0.5, 0.6) is 0 Å². The molecule has 0 aliphatic carbocycles. The van der Waals surface area contributed by atoms with Crippen LogP contribution in [0.4, 0.5) is 0 Å². The molecule has 96 valence electrons. The summed E-state index contributed by atoms with van der Waals surface area (Å²) in [6.07, 6.45) is 3.45. The Morgan fingerprint density at radius 1 is 1.38 bits per heavy atom. The Morgan fingerprint density at radius 2 is 2.00 bits per heavy atom. The predicted octanol–water partition coefficient (Wildman–Crippen LogP) is 2.21. The van der Waals surface area contributed by atoms with E-state index in [4.69, 9.17) is 9.47 Å². The van der Waals surface area contributed by atoms with Gasteiger partial charge in [-0.2, -0.15) is 0 Å². The predicted molar refractivity (Wildman–Crippen MR) is 66.7 cm³/mol. The Balaban J connectivity index is 2.16. The van der Waals surface area contributed by atoms with Crippen molar-refractivity contribution < 1.29 is 9.47 Å². The Hall–Kier alpha value is -0.120. The Bertz CT molecular complexity index is 188. The number of hydrogen-bond donors (Lipinski definition) is 1. The third-order valence-electron chi connectivity index (χ3n) is 3.72. The molecule has 1 atom stereocenters. The highest BCUT2D eigenvalue weighted by atomic mass is 16.5. The smallest absolute Gasteiger partial charge is 0.0634 e. The summed E-state index contributed by atoms with van der Waals surface area (Å²) in [4.78, 5) is 0. The van der Waals surface area contributed by atoms with Crippen LogP contribution in [0.3, 0.4) is 0 Å². The molecule has 1 unspecified atom stereocenters. The van der Waals surface area contributed by atoms with E-state index < -0.39 is 0 Å². The number of hydrogen-bond acceptors (Lipinski definition) is 3. The van der Waals surface area contributed by atoms with Crippen LogP contribution in [0.1, 0.15) is 40.0 Å². The van der Waals surface area contributed by atoms with Crippen molar-refractivity contribution in [2.75, 3.05) is 26.9 Å². The van der Waals surface area contributed by atoms with E-state index >= 15 is 0 Å². The van der Waals surface area contributed by atoms with Crippen molar-refractivity contribution in [1.82, 2.24) is 5.32 Å². The van der Waals surface area contributed by atoms with Gasteiger partial charge in [-0.3, -0.25) is 0 Å². The summed E-state index contributed by atoms with van der Waals surface area (Å²) < 4.78 is 10.8. The van der Waals surface area contributed by atoms with Crippen molar-refractivity contribution >= 4 is 0 Å². The summed E-state index contributed by atoms with van der Waals surface area (Å²) in [5.74, 6) is 0.777. The minimum atomic E-state index is -0.0115. The van der Waals surface area contributed by atoms with Gasteiger partial charge >= 0.3 is 0 Å². The van der Waals surface area contributed by atoms with Crippen LogP contribution in [0.15, 0.2) is 0 Å². The van der Waals surface area contributed by atoms with E-state index in [1.54, 1.807) is 7.11 Å². The molecule has 3 heteroatoms. The van der Waals surface area contributed by atoms with Gasteiger partial charge in [-0.1, -0.05) is 0 Å². The monoisotopic (exact) mass is 229 g/mol. The quantitative estimate of drug-likeness (QED) is 0.757. The normalized spacial score (nSPS) is 21.0. The highest BCUT2D eigenvalue weighted by Gasteiger charge is 2.21. The van der Waals surface area contributed by atoms with E-state index in [2.05, 4.69) is 26.1 Å². The van der Waals surface area contributed by atoms with Crippen molar-refractivity contribution in [3.63, 3.8) is 0 Å². The fourth-order valence-electron chi connectivity index (χ4n) is 2.09. The van der Waals surface area contributed by atoms with Crippen molar-refractivity contribution in [3.05, 3.63) is 0 Å². The third kappa shape index (κ3) is 4.81. The molecule has 1 N–H and O–H groups in total. The second-order valence-corrected chi connectivity index (χ2v) is 5.41. The molecule has 0 radical (unpaired) electrons. The van der Waals surface area contributed by atoms with Gasteiger partial charge in [0.15, 0.2) is 0 Å². The highest BCUT2D eigenvalue weighted by molar-refractivity contribution is 4.76. The van der Waals surface area contributed by atoms with Crippen LogP contribution < -0.4 is 5.32 Å². The first-order valence-corrected chi connectivity index (χ1v) is 6.41. The Labute approximate surface area is 99.9 Å². The van der Waals surface area contributed by atoms with E-state index in [0.717, 1.165) is 32.1 Å². The lowest BCUT2D eigenvalue weighted by Gasteiger charge is -2.30. The molecule has 0 aromatic carbocycles. The molecule has 1 saturated heterocycles. The number of rotatable bonds is 6. The van der Waals surface area contributed by atoms with Gasteiger partial charge in [0, 0.05) is 26.4 Å².